The maximum Gasteiger partial charge on any atom is 0.321 e. The van der Waals surface area contributed by atoms with Crippen LogP contribution in [0, 0.1) is 0 Å². The first-order valence-electron chi connectivity index (χ1n) is 8.84. The van der Waals surface area contributed by atoms with Crippen molar-refractivity contribution < 1.29 is 14.4 Å². The first kappa shape index (κ1) is 22.7. The van der Waals surface area contributed by atoms with Gasteiger partial charge in [-0.3, -0.25) is 19.8 Å². The van der Waals surface area contributed by atoms with Gasteiger partial charge >= 0.3 is 6.03 Å². The van der Waals surface area contributed by atoms with E-state index in [2.05, 4.69) is 16.0 Å². The first-order chi connectivity index (χ1) is 13.8. The smallest absolute Gasteiger partial charge is 0.321 e. The highest BCUT2D eigenvalue weighted by Gasteiger charge is 2.22. The van der Waals surface area contributed by atoms with Crippen LogP contribution in [0.1, 0.15) is 12.5 Å². The van der Waals surface area contributed by atoms with E-state index in [4.69, 9.17) is 23.2 Å². The van der Waals surface area contributed by atoms with Gasteiger partial charge in [0.05, 0.1) is 22.6 Å². The van der Waals surface area contributed by atoms with Gasteiger partial charge in [-0.1, -0.05) is 53.5 Å². The Morgan fingerprint density at radius 1 is 1.03 bits per heavy atom. The maximum atomic E-state index is 12.3. The van der Waals surface area contributed by atoms with Crippen LogP contribution < -0.4 is 16.0 Å². The number of likely N-dealkylation sites (N-methyl/N-ethyl adjacent to an activating group) is 1. The molecule has 4 amide bonds. The number of halogens is 2. The van der Waals surface area contributed by atoms with Gasteiger partial charge in [0.25, 0.3) is 0 Å². The number of imide groups is 1. The minimum Gasteiger partial charge on any atom is -0.334 e. The lowest BCUT2D eigenvalue weighted by Crippen LogP contribution is -2.49. The molecule has 0 saturated heterocycles. The fourth-order valence-corrected chi connectivity index (χ4v) is 2.67. The Labute approximate surface area is 179 Å². The Hall–Kier alpha value is -2.61. The summed E-state index contributed by atoms with van der Waals surface area (Å²) in [7, 11) is 1.61. The monoisotopic (exact) mass is 436 g/mol. The molecule has 0 aromatic heterocycles. The maximum absolute atomic E-state index is 12.3. The number of amides is 4. The van der Waals surface area contributed by atoms with E-state index in [9.17, 15) is 14.4 Å². The van der Waals surface area contributed by atoms with Crippen molar-refractivity contribution in [1.82, 2.24) is 15.5 Å². The highest BCUT2D eigenvalue weighted by atomic mass is 35.5. The van der Waals surface area contributed by atoms with Gasteiger partial charge in [0.15, 0.2) is 0 Å². The predicted molar refractivity (Wildman–Crippen MR) is 114 cm³/mol. The number of hydrogen-bond acceptors (Lipinski definition) is 4. The number of urea groups is 1. The number of benzene rings is 2. The van der Waals surface area contributed by atoms with E-state index in [1.165, 1.54) is 11.0 Å². The van der Waals surface area contributed by atoms with Crippen LogP contribution in [0.15, 0.2) is 48.5 Å². The second kappa shape index (κ2) is 10.8. The van der Waals surface area contributed by atoms with Crippen LogP contribution >= 0.6 is 23.2 Å². The van der Waals surface area contributed by atoms with Gasteiger partial charge in [0.2, 0.25) is 11.8 Å². The molecular weight excluding hydrogens is 415 g/mol. The Bertz CT molecular complexity index is 877. The third-order valence-corrected chi connectivity index (χ3v) is 4.91. The highest BCUT2D eigenvalue weighted by molar-refractivity contribution is 6.42. The molecular formula is C20H22Cl2N4O3. The summed E-state index contributed by atoms with van der Waals surface area (Å²) in [6, 6.07) is 12.8. The SMILES string of the molecule is CC(C(=O)NC(=O)NCc1ccccc1)N(C)CC(=O)Nc1ccc(Cl)c(Cl)c1. The summed E-state index contributed by atoms with van der Waals surface area (Å²) >= 11 is 11.8. The molecule has 0 heterocycles. The molecule has 0 radical (unpaired) electrons. The van der Waals surface area contributed by atoms with Gasteiger partial charge < -0.3 is 10.6 Å². The van der Waals surface area contributed by atoms with E-state index in [1.54, 1.807) is 26.1 Å². The number of carbonyl (C=O) groups is 3. The Kier molecular flexibility index (Phi) is 8.45. The molecule has 29 heavy (non-hydrogen) atoms. The number of rotatable bonds is 7. The third kappa shape index (κ3) is 7.38. The van der Waals surface area contributed by atoms with Crippen molar-refractivity contribution in [3.63, 3.8) is 0 Å². The molecule has 3 N–H and O–H groups in total. The Morgan fingerprint density at radius 3 is 2.38 bits per heavy atom. The second-order valence-electron chi connectivity index (χ2n) is 6.43. The minimum absolute atomic E-state index is 0.0551. The van der Waals surface area contributed by atoms with Crippen molar-refractivity contribution in [1.29, 1.82) is 0 Å². The summed E-state index contributed by atoms with van der Waals surface area (Å²) in [4.78, 5) is 37.9. The average molecular weight is 437 g/mol. The third-order valence-electron chi connectivity index (χ3n) is 4.17. The number of hydrogen-bond donors (Lipinski definition) is 3. The molecule has 2 aromatic rings. The summed E-state index contributed by atoms with van der Waals surface area (Å²) in [5.41, 5.74) is 1.41. The molecule has 0 saturated carbocycles. The summed E-state index contributed by atoms with van der Waals surface area (Å²) in [5, 5.41) is 8.28. The van der Waals surface area contributed by atoms with Crippen LogP contribution in [0.4, 0.5) is 10.5 Å². The van der Waals surface area contributed by atoms with Gasteiger partial charge in [0.1, 0.15) is 0 Å². The largest absolute Gasteiger partial charge is 0.334 e. The molecule has 0 aliphatic heterocycles. The van der Waals surface area contributed by atoms with Gasteiger partial charge in [-0.15, -0.1) is 0 Å². The lowest BCUT2D eigenvalue weighted by molar-refractivity contribution is -0.125. The van der Waals surface area contributed by atoms with E-state index >= 15 is 0 Å². The standard InChI is InChI=1S/C20H22Cl2N4O3/c1-13(19(28)25-20(29)23-11-14-6-4-3-5-7-14)26(2)12-18(27)24-15-8-9-16(21)17(22)10-15/h3-10,13H,11-12H2,1-2H3,(H,24,27)(H2,23,25,28,29). The lowest BCUT2D eigenvalue weighted by atomic mass is 10.2. The van der Waals surface area contributed by atoms with E-state index < -0.39 is 18.0 Å². The Balaban J connectivity index is 1.79. The van der Waals surface area contributed by atoms with Crippen LogP contribution in [-0.2, 0) is 16.1 Å². The molecule has 0 aliphatic rings. The van der Waals surface area contributed by atoms with Gasteiger partial charge in [0, 0.05) is 12.2 Å². The molecule has 0 bridgehead atoms. The average Bonchev–Trinajstić information content (AvgIpc) is 2.69. The van der Waals surface area contributed by atoms with Crippen LogP contribution in [0.25, 0.3) is 0 Å². The summed E-state index contributed by atoms with van der Waals surface area (Å²) in [5.74, 6) is -0.848. The molecule has 1 unspecified atom stereocenters. The van der Waals surface area contributed by atoms with Crippen molar-refractivity contribution >= 4 is 46.7 Å². The number of nitrogens with zero attached hydrogens (tertiary/aromatic N) is 1. The van der Waals surface area contributed by atoms with Gasteiger partial charge in [-0.25, -0.2) is 4.79 Å². The molecule has 2 rings (SSSR count). The molecule has 0 spiro atoms. The van der Waals surface area contributed by atoms with Crippen molar-refractivity contribution in [2.75, 3.05) is 18.9 Å². The molecule has 7 nitrogen and oxygen atoms in total. The molecule has 9 heteroatoms. The van der Waals surface area contributed by atoms with Crippen LogP contribution in [-0.4, -0.2) is 42.4 Å². The molecule has 0 fully saturated rings. The zero-order valence-corrected chi connectivity index (χ0v) is 17.6. The van der Waals surface area contributed by atoms with E-state index in [0.29, 0.717) is 22.3 Å². The van der Waals surface area contributed by atoms with Crippen LogP contribution in [0.2, 0.25) is 10.0 Å². The summed E-state index contributed by atoms with van der Waals surface area (Å²) in [6.07, 6.45) is 0. The molecule has 0 aliphatic carbocycles. The highest BCUT2D eigenvalue weighted by Crippen LogP contribution is 2.24. The number of nitrogens with one attached hydrogen (secondary N) is 3. The number of carbonyl (C=O) groups excluding carboxylic acids is 3. The summed E-state index contributed by atoms with van der Waals surface area (Å²) < 4.78 is 0. The topological polar surface area (TPSA) is 90.5 Å². The second-order valence-corrected chi connectivity index (χ2v) is 7.24. The van der Waals surface area contributed by atoms with Crippen LogP contribution in [0.3, 0.4) is 0 Å². The number of anilines is 1. The van der Waals surface area contributed by atoms with Crippen molar-refractivity contribution in [2.45, 2.75) is 19.5 Å². The summed E-state index contributed by atoms with van der Waals surface area (Å²) in [6.45, 7) is 1.85. The van der Waals surface area contributed by atoms with Gasteiger partial charge in [-0.05, 0) is 37.7 Å². The fourth-order valence-electron chi connectivity index (χ4n) is 2.38. The van der Waals surface area contributed by atoms with Crippen molar-refractivity contribution in [3.8, 4) is 0 Å². The van der Waals surface area contributed by atoms with E-state index in [1.807, 2.05) is 30.3 Å². The van der Waals surface area contributed by atoms with Crippen molar-refractivity contribution in [3.05, 3.63) is 64.1 Å². The fraction of sp³-hybridized carbons (Fsp3) is 0.250. The van der Waals surface area contributed by atoms with Crippen molar-refractivity contribution in [2.24, 2.45) is 0 Å². The first-order valence-corrected chi connectivity index (χ1v) is 9.59. The predicted octanol–water partition coefficient (Wildman–Crippen LogP) is 3.28. The lowest BCUT2D eigenvalue weighted by Gasteiger charge is -2.23. The zero-order chi connectivity index (χ0) is 21.4. The van der Waals surface area contributed by atoms with E-state index in [-0.39, 0.29) is 12.5 Å². The van der Waals surface area contributed by atoms with Gasteiger partial charge in [-0.2, -0.15) is 0 Å². The Morgan fingerprint density at radius 2 is 1.72 bits per heavy atom. The molecule has 154 valence electrons. The normalized spacial score (nSPS) is 11.6. The minimum atomic E-state index is -0.697. The molecule has 2 aromatic carbocycles. The molecule has 1 atom stereocenters. The zero-order valence-electron chi connectivity index (χ0n) is 16.0. The quantitative estimate of drug-likeness (QED) is 0.620. The van der Waals surface area contributed by atoms with E-state index in [0.717, 1.165) is 5.56 Å². The van der Waals surface area contributed by atoms with Crippen LogP contribution in [0.5, 0.6) is 0 Å².